The molecule has 7 nitrogen and oxygen atoms in total. The first-order chi connectivity index (χ1) is 16.2. The van der Waals surface area contributed by atoms with Crippen molar-refractivity contribution in [1.29, 1.82) is 0 Å². The van der Waals surface area contributed by atoms with Crippen LogP contribution < -0.4 is 16.6 Å². The number of halogens is 3. The maximum atomic E-state index is 13.7. The van der Waals surface area contributed by atoms with Crippen molar-refractivity contribution >= 4 is 44.2 Å². The Morgan fingerprint density at radius 2 is 1.85 bits per heavy atom. The number of rotatable bonds is 4. The molecule has 34 heavy (non-hydrogen) atoms. The van der Waals surface area contributed by atoms with Crippen molar-refractivity contribution in [2.24, 2.45) is 0 Å². The summed E-state index contributed by atoms with van der Waals surface area (Å²) < 4.78 is 42.5. The van der Waals surface area contributed by atoms with Crippen molar-refractivity contribution in [1.82, 2.24) is 19.5 Å². The second-order valence-electron chi connectivity index (χ2n) is 7.62. The highest BCUT2D eigenvalue weighted by Crippen LogP contribution is 2.35. The van der Waals surface area contributed by atoms with Gasteiger partial charge in [-0.15, -0.1) is 11.3 Å². The average Bonchev–Trinajstić information content (AvgIpc) is 3.27. The lowest BCUT2D eigenvalue weighted by Gasteiger charge is -2.22. The van der Waals surface area contributed by atoms with Crippen LogP contribution in [0.1, 0.15) is 24.2 Å². The number of pyridine rings is 1. The molecule has 11 heteroatoms. The topological polar surface area (TPSA) is 98.7 Å². The number of benzene rings is 2. The Hall–Kier alpha value is -3.99. The summed E-state index contributed by atoms with van der Waals surface area (Å²) in [7, 11) is 0. The van der Waals surface area contributed by atoms with Gasteiger partial charge in [0, 0.05) is 11.4 Å². The largest absolute Gasteiger partial charge is 0.417 e. The fourth-order valence-electron chi connectivity index (χ4n) is 3.94. The molecule has 3 aromatic heterocycles. The summed E-state index contributed by atoms with van der Waals surface area (Å²) in [4.78, 5) is 26.8. The van der Waals surface area contributed by atoms with Gasteiger partial charge in [0.15, 0.2) is 10.6 Å². The molecule has 3 heterocycles. The lowest BCUT2D eigenvalue weighted by molar-refractivity contribution is -0.136. The molecule has 0 aliphatic carbocycles. The number of nitrogens with zero attached hydrogens (tertiary/aromatic N) is 4. The second-order valence-corrected chi connectivity index (χ2v) is 8.45. The van der Waals surface area contributed by atoms with Crippen LogP contribution in [0.4, 0.5) is 24.9 Å². The Kier molecular flexibility index (Phi) is 5.20. The highest BCUT2D eigenvalue weighted by atomic mass is 32.1. The van der Waals surface area contributed by atoms with Gasteiger partial charge >= 0.3 is 6.18 Å². The van der Waals surface area contributed by atoms with Gasteiger partial charge in [0.05, 0.1) is 22.5 Å². The molecule has 0 bridgehead atoms. The fraction of sp³-hybridized carbons (Fsp3) is 0.130. The molecule has 1 atom stereocenters. The third-order valence-electron chi connectivity index (χ3n) is 5.41. The number of alkyl halides is 3. The van der Waals surface area contributed by atoms with E-state index in [1.54, 1.807) is 48.8 Å². The third kappa shape index (κ3) is 3.73. The van der Waals surface area contributed by atoms with Gasteiger partial charge < -0.3 is 11.1 Å². The molecule has 0 amide bonds. The molecule has 0 saturated heterocycles. The van der Waals surface area contributed by atoms with E-state index >= 15 is 0 Å². The molecule has 1 unspecified atom stereocenters. The van der Waals surface area contributed by atoms with Gasteiger partial charge in [0.2, 0.25) is 5.95 Å². The molecule has 0 saturated carbocycles. The predicted octanol–water partition coefficient (Wildman–Crippen LogP) is 5.16. The zero-order valence-electron chi connectivity index (χ0n) is 17.7. The Morgan fingerprint density at radius 1 is 1.09 bits per heavy atom. The second kappa shape index (κ2) is 8.10. The SMILES string of the molecule is CC(Nc1nc(N)nc2scnc12)c1cc2cccc(C(F)(F)F)c2c(=O)n1-c1ccccc1. The van der Waals surface area contributed by atoms with E-state index in [1.165, 1.54) is 28.0 Å². The smallest absolute Gasteiger partial charge is 0.368 e. The molecule has 0 spiro atoms. The van der Waals surface area contributed by atoms with E-state index in [0.29, 0.717) is 27.5 Å². The molecule has 0 fully saturated rings. The Morgan fingerprint density at radius 3 is 2.59 bits per heavy atom. The van der Waals surface area contributed by atoms with Crippen molar-refractivity contribution in [3.63, 3.8) is 0 Å². The summed E-state index contributed by atoms with van der Waals surface area (Å²) in [5.41, 5.74) is 7.11. The lowest BCUT2D eigenvalue weighted by atomic mass is 10.0. The normalized spacial score (nSPS) is 12.8. The van der Waals surface area contributed by atoms with Crippen LogP contribution >= 0.6 is 11.3 Å². The van der Waals surface area contributed by atoms with Crippen LogP contribution in [0.2, 0.25) is 0 Å². The molecule has 0 aliphatic rings. The van der Waals surface area contributed by atoms with Crippen molar-refractivity contribution < 1.29 is 13.2 Å². The molecule has 0 radical (unpaired) electrons. The Balaban J connectivity index is 1.74. The van der Waals surface area contributed by atoms with Crippen molar-refractivity contribution in [2.45, 2.75) is 19.1 Å². The van der Waals surface area contributed by atoms with Crippen LogP contribution in [0.15, 0.2) is 64.9 Å². The summed E-state index contributed by atoms with van der Waals surface area (Å²) in [6, 6.07) is 13.3. The average molecular weight is 482 g/mol. The van der Waals surface area contributed by atoms with Crippen molar-refractivity contribution in [3.05, 3.63) is 81.7 Å². The monoisotopic (exact) mass is 482 g/mol. The lowest BCUT2D eigenvalue weighted by Crippen LogP contribution is -2.27. The maximum Gasteiger partial charge on any atom is 0.417 e. The van der Waals surface area contributed by atoms with Gasteiger partial charge in [-0.1, -0.05) is 30.3 Å². The number of hydrogen-bond acceptors (Lipinski definition) is 7. The number of fused-ring (bicyclic) bond motifs is 2. The number of hydrogen-bond donors (Lipinski definition) is 2. The van der Waals surface area contributed by atoms with Crippen molar-refractivity contribution in [2.75, 3.05) is 11.1 Å². The zero-order chi connectivity index (χ0) is 24.0. The van der Waals surface area contributed by atoms with Gasteiger partial charge in [-0.2, -0.15) is 18.2 Å². The first kappa shape index (κ1) is 21.8. The predicted molar refractivity (Wildman–Crippen MR) is 126 cm³/mol. The summed E-state index contributed by atoms with van der Waals surface area (Å²) >= 11 is 1.30. The fourth-order valence-corrected chi connectivity index (χ4v) is 4.60. The first-order valence-electron chi connectivity index (χ1n) is 10.2. The van der Waals surface area contributed by atoms with Crippen LogP contribution in [0.5, 0.6) is 0 Å². The van der Waals surface area contributed by atoms with E-state index < -0.39 is 23.3 Å². The van der Waals surface area contributed by atoms with E-state index in [4.69, 9.17) is 5.73 Å². The Labute approximate surface area is 194 Å². The Bertz CT molecular complexity index is 1580. The third-order valence-corrected chi connectivity index (χ3v) is 6.13. The number of nitrogens with one attached hydrogen (secondary N) is 1. The minimum atomic E-state index is -4.67. The molecule has 2 aromatic carbocycles. The molecule has 5 aromatic rings. The van der Waals surface area contributed by atoms with Gasteiger partial charge in [0.1, 0.15) is 5.52 Å². The molecule has 172 valence electrons. The zero-order valence-corrected chi connectivity index (χ0v) is 18.5. The molecular formula is C23H17F3N6OS. The molecule has 5 rings (SSSR count). The number of aromatic nitrogens is 4. The van der Waals surface area contributed by atoms with E-state index in [-0.39, 0.29) is 16.7 Å². The van der Waals surface area contributed by atoms with Crippen LogP contribution in [-0.2, 0) is 6.18 Å². The summed E-state index contributed by atoms with van der Waals surface area (Å²) in [5, 5.41) is 3.01. The first-order valence-corrected chi connectivity index (χ1v) is 11.1. The standard InChI is InChI=1S/C23H17F3N6OS/c1-12(29-19-18-20(34-11-28-18)31-22(27)30-19)16-10-13-6-5-9-15(23(24,25)26)17(13)21(33)32(16)14-7-3-2-4-8-14/h2-12H,1H3,(H3,27,29,30,31). The van der Waals surface area contributed by atoms with Gasteiger partial charge in [0.25, 0.3) is 5.56 Å². The van der Waals surface area contributed by atoms with Crippen LogP contribution in [-0.4, -0.2) is 19.5 Å². The highest BCUT2D eigenvalue weighted by Gasteiger charge is 2.34. The number of nitrogens with two attached hydrogens (primary N) is 1. The number of nitrogen functional groups attached to an aromatic ring is 1. The number of thiazole rings is 1. The number of anilines is 2. The quantitative estimate of drug-likeness (QED) is 0.367. The molecule has 3 N–H and O–H groups in total. The molecule has 0 aliphatic heterocycles. The molecular weight excluding hydrogens is 465 g/mol. The summed E-state index contributed by atoms with van der Waals surface area (Å²) in [5.74, 6) is 0.424. The van der Waals surface area contributed by atoms with E-state index in [2.05, 4.69) is 20.3 Å². The van der Waals surface area contributed by atoms with Gasteiger partial charge in [-0.25, -0.2) is 9.97 Å². The maximum absolute atomic E-state index is 13.7. The van der Waals surface area contributed by atoms with Gasteiger partial charge in [-0.3, -0.25) is 9.36 Å². The van der Waals surface area contributed by atoms with Crippen LogP contribution in [0.3, 0.4) is 0 Å². The summed E-state index contributed by atoms with van der Waals surface area (Å²) in [6.07, 6.45) is -4.67. The van der Waals surface area contributed by atoms with Crippen molar-refractivity contribution in [3.8, 4) is 5.69 Å². The van der Waals surface area contributed by atoms with Gasteiger partial charge in [-0.05, 0) is 36.6 Å². The van der Waals surface area contributed by atoms with E-state index in [0.717, 1.165) is 6.07 Å². The van der Waals surface area contributed by atoms with Crippen LogP contribution in [0.25, 0.3) is 26.8 Å². The highest BCUT2D eigenvalue weighted by molar-refractivity contribution is 7.16. The van der Waals surface area contributed by atoms with E-state index in [1.807, 2.05) is 0 Å². The summed E-state index contributed by atoms with van der Waals surface area (Å²) in [6.45, 7) is 1.78. The number of para-hydroxylation sites is 1. The minimum Gasteiger partial charge on any atom is -0.368 e. The van der Waals surface area contributed by atoms with Crippen LogP contribution in [0, 0.1) is 0 Å². The van der Waals surface area contributed by atoms with E-state index in [9.17, 15) is 18.0 Å². The minimum absolute atomic E-state index is 0.0558.